The SMILES string of the molecule is CCCCn1cnc2c1c(=O)n(CC(=O)N1CCN(c3ccc(OC)cc3)CC1)c(=O)n2CCCC. The van der Waals surface area contributed by atoms with Crippen molar-refractivity contribution in [2.24, 2.45) is 0 Å². The number of benzene rings is 1. The number of ether oxygens (including phenoxy) is 1. The Kier molecular flexibility index (Phi) is 8.12. The van der Waals surface area contributed by atoms with Crippen LogP contribution in [-0.4, -0.2) is 62.8 Å². The molecule has 1 amide bonds. The van der Waals surface area contributed by atoms with Crippen LogP contribution in [0, 0.1) is 0 Å². The number of carbonyl (C=O) groups is 1. The number of amides is 1. The number of rotatable bonds is 10. The summed E-state index contributed by atoms with van der Waals surface area (Å²) in [5.41, 5.74) is 0.972. The van der Waals surface area contributed by atoms with E-state index in [1.54, 1.807) is 22.9 Å². The summed E-state index contributed by atoms with van der Waals surface area (Å²) in [5, 5.41) is 0. The third kappa shape index (κ3) is 5.17. The zero-order valence-electron chi connectivity index (χ0n) is 21.5. The fourth-order valence-electron chi connectivity index (χ4n) is 4.64. The number of unbranched alkanes of at least 4 members (excludes halogenated alkanes) is 2. The van der Waals surface area contributed by atoms with Crippen molar-refractivity contribution in [1.29, 1.82) is 0 Å². The topological polar surface area (TPSA) is 94.6 Å². The quantitative estimate of drug-likeness (QED) is 0.428. The molecule has 0 spiro atoms. The van der Waals surface area contributed by atoms with Gasteiger partial charge in [-0.05, 0) is 37.1 Å². The van der Waals surface area contributed by atoms with E-state index in [2.05, 4.69) is 16.8 Å². The van der Waals surface area contributed by atoms with Gasteiger partial charge in [0.1, 0.15) is 12.3 Å². The number of nitrogens with zero attached hydrogens (tertiary/aromatic N) is 6. The Bertz CT molecular complexity index is 1300. The first kappa shape index (κ1) is 25.5. The lowest BCUT2D eigenvalue weighted by molar-refractivity contribution is -0.132. The van der Waals surface area contributed by atoms with E-state index < -0.39 is 11.2 Å². The van der Waals surface area contributed by atoms with E-state index in [-0.39, 0.29) is 12.5 Å². The number of hydrogen-bond acceptors (Lipinski definition) is 6. The first-order valence-corrected chi connectivity index (χ1v) is 12.8. The van der Waals surface area contributed by atoms with Crippen LogP contribution in [0.2, 0.25) is 0 Å². The Morgan fingerprint density at radius 1 is 0.944 bits per heavy atom. The monoisotopic (exact) mass is 496 g/mol. The number of anilines is 1. The molecule has 0 bridgehead atoms. The summed E-state index contributed by atoms with van der Waals surface area (Å²) >= 11 is 0. The van der Waals surface area contributed by atoms with Gasteiger partial charge in [0, 0.05) is 45.0 Å². The van der Waals surface area contributed by atoms with Gasteiger partial charge in [0.25, 0.3) is 5.56 Å². The summed E-state index contributed by atoms with van der Waals surface area (Å²) in [6.07, 6.45) is 5.20. The highest BCUT2D eigenvalue weighted by Crippen LogP contribution is 2.20. The molecule has 1 fully saturated rings. The molecule has 10 heteroatoms. The highest BCUT2D eigenvalue weighted by atomic mass is 16.5. The van der Waals surface area contributed by atoms with Gasteiger partial charge < -0.3 is 19.1 Å². The Balaban J connectivity index is 1.55. The molecule has 3 heterocycles. The van der Waals surface area contributed by atoms with Crippen LogP contribution in [0.15, 0.2) is 40.2 Å². The summed E-state index contributed by atoms with van der Waals surface area (Å²) in [6.45, 7) is 7.39. The normalized spacial score (nSPS) is 14.0. The van der Waals surface area contributed by atoms with Gasteiger partial charge in [0.15, 0.2) is 11.2 Å². The predicted molar refractivity (Wildman–Crippen MR) is 140 cm³/mol. The number of fused-ring (bicyclic) bond motifs is 1. The van der Waals surface area contributed by atoms with Crippen molar-refractivity contribution in [2.75, 3.05) is 38.2 Å². The van der Waals surface area contributed by atoms with Gasteiger partial charge in [0.2, 0.25) is 5.91 Å². The average molecular weight is 497 g/mol. The molecule has 194 valence electrons. The molecule has 0 saturated carbocycles. The molecule has 1 saturated heterocycles. The summed E-state index contributed by atoms with van der Waals surface area (Å²) in [5.74, 6) is 0.584. The standard InChI is InChI=1S/C26H36N6O4/c1-4-6-12-30-19-27-24-23(30)25(34)32(26(35)31(24)13-7-5-2)18-22(33)29-16-14-28(15-17-29)20-8-10-21(36-3)11-9-20/h8-11,19H,4-7,12-18H2,1-3H3. The molecule has 0 radical (unpaired) electrons. The molecule has 0 unspecified atom stereocenters. The molecule has 1 aromatic carbocycles. The largest absolute Gasteiger partial charge is 0.497 e. The van der Waals surface area contributed by atoms with Gasteiger partial charge in [-0.15, -0.1) is 0 Å². The minimum atomic E-state index is -0.466. The molecule has 4 rings (SSSR count). The number of aryl methyl sites for hydroxylation is 2. The zero-order chi connectivity index (χ0) is 25.7. The maximum absolute atomic E-state index is 13.4. The minimum Gasteiger partial charge on any atom is -0.497 e. The van der Waals surface area contributed by atoms with Crippen molar-refractivity contribution < 1.29 is 9.53 Å². The molecule has 36 heavy (non-hydrogen) atoms. The van der Waals surface area contributed by atoms with E-state index in [4.69, 9.17) is 4.74 Å². The van der Waals surface area contributed by atoms with Crippen LogP contribution >= 0.6 is 0 Å². The van der Waals surface area contributed by atoms with Crippen LogP contribution in [0.25, 0.3) is 11.2 Å². The first-order chi connectivity index (χ1) is 17.5. The molecular formula is C26H36N6O4. The maximum Gasteiger partial charge on any atom is 0.333 e. The average Bonchev–Trinajstić information content (AvgIpc) is 3.33. The van der Waals surface area contributed by atoms with Crippen LogP contribution in [0.1, 0.15) is 39.5 Å². The summed E-state index contributed by atoms with van der Waals surface area (Å²) in [7, 11) is 1.64. The first-order valence-electron chi connectivity index (χ1n) is 12.8. The number of piperazine rings is 1. The van der Waals surface area contributed by atoms with Crippen molar-refractivity contribution >= 4 is 22.8 Å². The van der Waals surface area contributed by atoms with Gasteiger partial charge >= 0.3 is 5.69 Å². The molecule has 2 aromatic heterocycles. The number of hydrogen-bond donors (Lipinski definition) is 0. The molecule has 0 aliphatic carbocycles. The van der Waals surface area contributed by atoms with Crippen LogP contribution in [0.4, 0.5) is 5.69 Å². The second kappa shape index (κ2) is 11.5. The second-order valence-corrected chi connectivity index (χ2v) is 9.21. The zero-order valence-corrected chi connectivity index (χ0v) is 21.5. The van der Waals surface area contributed by atoms with E-state index in [9.17, 15) is 14.4 Å². The third-order valence-electron chi connectivity index (χ3n) is 6.83. The molecule has 3 aromatic rings. The Hall–Kier alpha value is -3.56. The van der Waals surface area contributed by atoms with Crippen molar-refractivity contribution in [3.05, 3.63) is 51.4 Å². The molecular weight excluding hydrogens is 460 g/mol. The summed E-state index contributed by atoms with van der Waals surface area (Å²) < 4.78 is 9.69. The molecule has 1 aliphatic heterocycles. The van der Waals surface area contributed by atoms with Crippen LogP contribution in [0.3, 0.4) is 0 Å². The molecule has 10 nitrogen and oxygen atoms in total. The van der Waals surface area contributed by atoms with E-state index in [1.165, 1.54) is 0 Å². The van der Waals surface area contributed by atoms with Crippen LogP contribution < -0.4 is 20.9 Å². The lowest BCUT2D eigenvalue weighted by Gasteiger charge is -2.36. The summed E-state index contributed by atoms with van der Waals surface area (Å²) in [4.78, 5) is 48.3. The van der Waals surface area contributed by atoms with Gasteiger partial charge in [-0.2, -0.15) is 0 Å². The van der Waals surface area contributed by atoms with Crippen LogP contribution in [0.5, 0.6) is 5.75 Å². The Labute approximate surface area is 210 Å². The number of methoxy groups -OCH3 is 1. The number of aromatic nitrogens is 4. The fourth-order valence-corrected chi connectivity index (χ4v) is 4.64. The molecule has 0 N–H and O–H groups in total. The number of carbonyl (C=O) groups excluding carboxylic acids is 1. The van der Waals surface area contributed by atoms with Crippen molar-refractivity contribution in [2.45, 2.75) is 59.2 Å². The highest BCUT2D eigenvalue weighted by molar-refractivity contribution is 5.77. The molecule has 0 atom stereocenters. The maximum atomic E-state index is 13.4. The predicted octanol–water partition coefficient (Wildman–Crippen LogP) is 2.32. The fraction of sp³-hybridized carbons (Fsp3) is 0.538. The van der Waals surface area contributed by atoms with Crippen molar-refractivity contribution in [1.82, 2.24) is 23.6 Å². The van der Waals surface area contributed by atoms with Crippen LogP contribution in [-0.2, 0) is 24.4 Å². The van der Waals surface area contributed by atoms with Gasteiger partial charge in [0.05, 0.1) is 13.4 Å². The van der Waals surface area contributed by atoms with E-state index >= 15 is 0 Å². The van der Waals surface area contributed by atoms with Crippen molar-refractivity contribution in [3.8, 4) is 5.75 Å². The Morgan fingerprint density at radius 3 is 2.25 bits per heavy atom. The third-order valence-corrected chi connectivity index (χ3v) is 6.83. The highest BCUT2D eigenvalue weighted by Gasteiger charge is 2.24. The lowest BCUT2D eigenvalue weighted by atomic mass is 10.2. The summed E-state index contributed by atoms with van der Waals surface area (Å²) in [6, 6.07) is 7.85. The van der Waals surface area contributed by atoms with Crippen molar-refractivity contribution in [3.63, 3.8) is 0 Å². The van der Waals surface area contributed by atoms with Gasteiger partial charge in [-0.3, -0.25) is 14.2 Å². The second-order valence-electron chi connectivity index (χ2n) is 9.21. The Morgan fingerprint density at radius 2 is 1.61 bits per heavy atom. The number of imidazole rings is 1. The lowest BCUT2D eigenvalue weighted by Crippen LogP contribution is -2.51. The van der Waals surface area contributed by atoms with E-state index in [0.717, 1.165) is 41.7 Å². The minimum absolute atomic E-state index is 0.218. The van der Waals surface area contributed by atoms with E-state index in [0.29, 0.717) is 50.4 Å². The van der Waals surface area contributed by atoms with E-state index in [1.807, 2.05) is 35.8 Å². The van der Waals surface area contributed by atoms with Gasteiger partial charge in [-0.25, -0.2) is 14.3 Å². The van der Waals surface area contributed by atoms with Gasteiger partial charge in [-0.1, -0.05) is 26.7 Å². The smallest absolute Gasteiger partial charge is 0.333 e. The molecule has 1 aliphatic rings.